The Hall–Kier alpha value is -0.650. The average molecular weight is 107 g/mol. The minimum absolute atomic E-state index is 1.15. The van der Waals surface area contributed by atoms with Crippen molar-refractivity contribution in [1.82, 2.24) is 0 Å². The van der Waals surface area contributed by atoms with E-state index in [1.54, 1.807) is 0 Å². The molecule has 1 fully saturated rings. The van der Waals surface area contributed by atoms with E-state index in [4.69, 9.17) is 0 Å². The largest absolute Gasteiger partial charge is 0.124 e. The third-order valence-corrected chi connectivity index (χ3v) is 1.53. The lowest BCUT2D eigenvalue weighted by Gasteiger charge is -2.05. The van der Waals surface area contributed by atoms with Crippen LogP contribution in [0.5, 0.6) is 0 Å². The van der Waals surface area contributed by atoms with Gasteiger partial charge in [-0.15, -0.1) is 0 Å². The van der Waals surface area contributed by atoms with E-state index in [1.807, 2.05) is 0 Å². The Morgan fingerprint density at radius 2 is 2.12 bits per heavy atom. The van der Waals surface area contributed by atoms with Crippen molar-refractivity contribution in [3.05, 3.63) is 30.7 Å². The quantitative estimate of drug-likeness (QED) is 0.417. The number of hydrogen-bond donors (Lipinski definition) is 0. The fourth-order valence-corrected chi connectivity index (χ4v) is 0.897. The standard InChI is InChI=1S/C8H11/c1-7-5-3-4-6-8(7)2/h5H,1-4,6H2/q+1. The van der Waals surface area contributed by atoms with Gasteiger partial charge in [0.25, 0.3) is 0 Å². The minimum atomic E-state index is 1.15. The molecule has 1 aliphatic carbocycles. The number of allylic oxidation sites excluding steroid dienone is 2. The van der Waals surface area contributed by atoms with Crippen LogP contribution in [0.3, 0.4) is 0 Å². The third-order valence-electron chi connectivity index (χ3n) is 1.53. The monoisotopic (exact) mass is 107 g/mol. The van der Waals surface area contributed by atoms with Gasteiger partial charge in [-0.3, -0.25) is 0 Å². The average Bonchev–Trinajstić information content (AvgIpc) is 1.77. The van der Waals surface area contributed by atoms with Crippen molar-refractivity contribution in [2.45, 2.75) is 19.3 Å². The van der Waals surface area contributed by atoms with Gasteiger partial charge in [-0.25, -0.2) is 0 Å². The maximum absolute atomic E-state index is 3.86. The van der Waals surface area contributed by atoms with Crippen LogP contribution in [0.15, 0.2) is 24.3 Å². The van der Waals surface area contributed by atoms with E-state index in [-0.39, 0.29) is 0 Å². The fourth-order valence-electron chi connectivity index (χ4n) is 0.897. The Bertz CT molecular complexity index is 104. The summed E-state index contributed by atoms with van der Waals surface area (Å²) in [7, 11) is 0. The topological polar surface area (TPSA) is 0 Å². The molecule has 0 nitrogen and oxygen atoms in total. The van der Waals surface area contributed by atoms with Gasteiger partial charge >= 0.3 is 0 Å². The van der Waals surface area contributed by atoms with E-state index < -0.39 is 0 Å². The molecule has 1 saturated carbocycles. The lowest BCUT2D eigenvalue weighted by molar-refractivity contribution is 0.772. The molecule has 0 radical (unpaired) electrons. The Morgan fingerprint density at radius 3 is 2.50 bits per heavy atom. The van der Waals surface area contributed by atoms with Crippen LogP contribution in [0.1, 0.15) is 19.3 Å². The molecule has 0 aromatic heterocycles. The molecule has 0 aliphatic heterocycles. The van der Waals surface area contributed by atoms with Gasteiger partial charge in [-0.1, -0.05) is 0 Å². The SMILES string of the molecule is C=C1[CH+]CCCC1=C. The van der Waals surface area contributed by atoms with Gasteiger partial charge in [0.2, 0.25) is 0 Å². The van der Waals surface area contributed by atoms with Crippen LogP contribution in [0.25, 0.3) is 0 Å². The van der Waals surface area contributed by atoms with Crippen LogP contribution >= 0.6 is 0 Å². The summed E-state index contributed by atoms with van der Waals surface area (Å²) in [5.74, 6) is 0. The number of rotatable bonds is 0. The zero-order valence-electron chi connectivity index (χ0n) is 5.11. The molecule has 0 saturated heterocycles. The smallest absolute Gasteiger partial charge is 0.0384 e. The summed E-state index contributed by atoms with van der Waals surface area (Å²) in [5.41, 5.74) is 2.37. The first-order chi connectivity index (χ1) is 3.80. The predicted octanol–water partition coefficient (Wildman–Crippen LogP) is 2.49. The van der Waals surface area contributed by atoms with Crippen molar-refractivity contribution in [2.75, 3.05) is 0 Å². The van der Waals surface area contributed by atoms with Gasteiger partial charge in [0.05, 0.1) is 5.57 Å². The van der Waals surface area contributed by atoms with E-state index in [1.165, 1.54) is 18.4 Å². The fraction of sp³-hybridized carbons (Fsp3) is 0.375. The molecule has 42 valence electrons. The Balaban J connectivity index is 2.52. The summed E-state index contributed by atoms with van der Waals surface area (Å²) in [6, 6.07) is 0. The molecule has 0 N–H and O–H groups in total. The molecule has 1 rings (SSSR count). The van der Waals surface area contributed by atoms with Crippen LogP contribution in [0.2, 0.25) is 0 Å². The van der Waals surface area contributed by atoms with E-state index >= 15 is 0 Å². The molecule has 0 atom stereocenters. The first kappa shape index (κ1) is 5.49. The highest BCUT2D eigenvalue weighted by Gasteiger charge is 2.14. The molecule has 0 spiro atoms. The van der Waals surface area contributed by atoms with E-state index in [0.29, 0.717) is 0 Å². The van der Waals surface area contributed by atoms with Crippen LogP contribution in [0, 0.1) is 6.42 Å². The molecule has 0 unspecified atom stereocenters. The maximum Gasteiger partial charge on any atom is 0.124 e. The summed E-state index contributed by atoms with van der Waals surface area (Å²) >= 11 is 0. The van der Waals surface area contributed by atoms with Crippen LogP contribution in [0.4, 0.5) is 0 Å². The van der Waals surface area contributed by atoms with Crippen molar-refractivity contribution in [2.24, 2.45) is 0 Å². The summed E-state index contributed by atoms with van der Waals surface area (Å²) in [6.07, 6.45) is 5.76. The molecule has 0 aromatic rings. The van der Waals surface area contributed by atoms with E-state index in [9.17, 15) is 0 Å². The van der Waals surface area contributed by atoms with E-state index in [0.717, 1.165) is 12.0 Å². The third kappa shape index (κ3) is 0.945. The normalized spacial score (nSPS) is 20.5. The highest BCUT2D eigenvalue weighted by molar-refractivity contribution is 5.34. The van der Waals surface area contributed by atoms with Crippen molar-refractivity contribution < 1.29 is 0 Å². The molecule has 0 heteroatoms. The van der Waals surface area contributed by atoms with Gasteiger partial charge in [0.1, 0.15) is 5.57 Å². The molecule has 0 aromatic carbocycles. The van der Waals surface area contributed by atoms with Crippen molar-refractivity contribution in [1.29, 1.82) is 0 Å². The van der Waals surface area contributed by atoms with Crippen LogP contribution < -0.4 is 0 Å². The summed E-state index contributed by atoms with van der Waals surface area (Å²) in [4.78, 5) is 0. The van der Waals surface area contributed by atoms with Gasteiger partial charge < -0.3 is 0 Å². The van der Waals surface area contributed by atoms with Crippen LogP contribution in [-0.4, -0.2) is 0 Å². The second kappa shape index (κ2) is 2.08. The summed E-state index contributed by atoms with van der Waals surface area (Å²) in [5, 5.41) is 0. The Morgan fingerprint density at radius 1 is 1.38 bits per heavy atom. The van der Waals surface area contributed by atoms with Crippen molar-refractivity contribution in [3.8, 4) is 0 Å². The highest BCUT2D eigenvalue weighted by Crippen LogP contribution is 2.24. The second-order valence-electron chi connectivity index (χ2n) is 2.23. The molecule has 0 heterocycles. The molecular formula is C8H11+. The van der Waals surface area contributed by atoms with Gasteiger partial charge in [-0.05, 0) is 13.0 Å². The Labute approximate surface area is 50.9 Å². The minimum Gasteiger partial charge on any atom is -0.0384 e. The zero-order valence-corrected chi connectivity index (χ0v) is 5.11. The second-order valence-corrected chi connectivity index (χ2v) is 2.23. The lowest BCUT2D eigenvalue weighted by Crippen LogP contribution is -1.95. The van der Waals surface area contributed by atoms with Crippen molar-refractivity contribution >= 4 is 0 Å². The van der Waals surface area contributed by atoms with Crippen LogP contribution in [-0.2, 0) is 0 Å². The molecule has 1 aliphatic rings. The molecule has 0 amide bonds. The molecule has 8 heavy (non-hydrogen) atoms. The van der Waals surface area contributed by atoms with E-state index in [2.05, 4.69) is 19.6 Å². The van der Waals surface area contributed by atoms with Gasteiger partial charge in [0, 0.05) is 25.8 Å². The maximum atomic E-state index is 3.86. The van der Waals surface area contributed by atoms with Crippen molar-refractivity contribution in [3.63, 3.8) is 0 Å². The van der Waals surface area contributed by atoms with Gasteiger partial charge in [0.15, 0.2) is 0 Å². The first-order valence-corrected chi connectivity index (χ1v) is 3.01. The first-order valence-electron chi connectivity index (χ1n) is 3.01. The summed E-state index contributed by atoms with van der Waals surface area (Å²) < 4.78 is 0. The number of hydrogen-bond acceptors (Lipinski definition) is 0. The van der Waals surface area contributed by atoms with Gasteiger partial charge in [-0.2, -0.15) is 0 Å². The zero-order chi connectivity index (χ0) is 5.98. The summed E-state index contributed by atoms with van der Waals surface area (Å²) in [6.45, 7) is 7.70. The predicted molar refractivity (Wildman–Crippen MR) is 36.4 cm³/mol. The Kier molecular flexibility index (Phi) is 1.43. The molecular weight excluding hydrogens is 96.1 g/mol. The lowest BCUT2D eigenvalue weighted by atomic mass is 9.92. The molecule has 0 bridgehead atoms. The highest BCUT2D eigenvalue weighted by atomic mass is 14.1.